The van der Waals surface area contributed by atoms with Crippen LogP contribution in [0.2, 0.25) is 10.0 Å². The summed E-state index contributed by atoms with van der Waals surface area (Å²) in [5.41, 5.74) is 1.33. The molecule has 4 rings (SSSR count). The molecule has 1 atom stereocenters. The van der Waals surface area contributed by atoms with Gasteiger partial charge in [0.05, 0.1) is 17.2 Å². The van der Waals surface area contributed by atoms with Gasteiger partial charge in [0.15, 0.2) is 0 Å². The Bertz CT molecular complexity index is 1700. The van der Waals surface area contributed by atoms with E-state index in [0.29, 0.717) is 17.9 Å². The number of ether oxygens (including phenoxy) is 1. The van der Waals surface area contributed by atoms with Gasteiger partial charge >= 0.3 is 0 Å². The molecule has 0 fully saturated rings. The maximum atomic E-state index is 14.4. The summed E-state index contributed by atoms with van der Waals surface area (Å²) in [7, 11) is -2.94. The van der Waals surface area contributed by atoms with Crippen LogP contribution >= 0.6 is 23.2 Å². The molecule has 4 aromatic rings. The van der Waals surface area contributed by atoms with Crippen LogP contribution in [-0.4, -0.2) is 51.4 Å². The van der Waals surface area contributed by atoms with Gasteiger partial charge in [-0.3, -0.25) is 13.9 Å². The topological polar surface area (TPSA) is 96.0 Å². The highest BCUT2D eigenvalue weighted by Gasteiger charge is 2.35. The number of rotatable bonds is 13. The van der Waals surface area contributed by atoms with Crippen molar-refractivity contribution in [2.45, 2.75) is 30.8 Å². The summed E-state index contributed by atoms with van der Waals surface area (Å²) in [5, 5.41) is 3.17. The molecule has 0 saturated heterocycles. The highest BCUT2D eigenvalue weighted by atomic mass is 35.5. The molecule has 1 N–H and O–H groups in total. The number of carbonyl (C=O) groups excluding carboxylic acids is 2. The first-order valence-corrected chi connectivity index (χ1v) is 16.2. The molecule has 0 heterocycles. The molecule has 0 spiro atoms. The lowest BCUT2D eigenvalue weighted by molar-refractivity contribution is -0.139. The molecule has 0 aliphatic heterocycles. The van der Waals surface area contributed by atoms with Crippen molar-refractivity contribution < 1.29 is 27.1 Å². The summed E-state index contributed by atoms with van der Waals surface area (Å²) < 4.78 is 48.2. The summed E-state index contributed by atoms with van der Waals surface area (Å²) >= 11 is 13.0. The highest BCUT2D eigenvalue weighted by molar-refractivity contribution is 7.92. The van der Waals surface area contributed by atoms with Crippen LogP contribution in [0, 0.1) is 5.82 Å². The van der Waals surface area contributed by atoms with Crippen molar-refractivity contribution in [1.82, 2.24) is 10.2 Å². The lowest BCUT2D eigenvalue weighted by Crippen LogP contribution is -2.53. The van der Waals surface area contributed by atoms with Crippen LogP contribution < -0.4 is 14.4 Å². The second-order valence-corrected chi connectivity index (χ2v) is 12.6. The number of nitrogens with one attached hydrogen (secondary N) is 1. The fourth-order valence-electron chi connectivity index (χ4n) is 4.71. The number of benzene rings is 4. The average Bonchev–Trinajstić information content (AvgIpc) is 3.03. The van der Waals surface area contributed by atoms with Crippen molar-refractivity contribution >= 4 is 50.7 Å². The standard InChI is InChI=1S/C33H32Cl2FN3O5S/c1-3-44-26-16-14-25(15-17-26)39(45(42,43)27-18-12-24(36)13-19-27)22-32(40)38(21-28-29(34)10-7-11-30(28)35)31(33(41)37-2)20-23-8-5-4-6-9-23/h4-19,31H,3,20-22H2,1-2H3,(H,37,41)/t31-/m0/s1. The molecule has 0 saturated carbocycles. The zero-order chi connectivity index (χ0) is 32.6. The third-order valence-corrected chi connectivity index (χ3v) is 9.52. The number of halogens is 3. The van der Waals surface area contributed by atoms with Gasteiger partial charge in [-0.05, 0) is 73.2 Å². The van der Waals surface area contributed by atoms with E-state index >= 15 is 0 Å². The number of nitrogens with zero attached hydrogens (tertiary/aromatic N) is 2. The molecule has 0 radical (unpaired) electrons. The molecule has 0 aromatic heterocycles. The van der Waals surface area contributed by atoms with E-state index in [4.69, 9.17) is 27.9 Å². The Morgan fingerprint density at radius 1 is 0.889 bits per heavy atom. The van der Waals surface area contributed by atoms with E-state index in [9.17, 15) is 22.4 Å². The molecular weight excluding hydrogens is 640 g/mol. The van der Waals surface area contributed by atoms with Crippen LogP contribution in [-0.2, 0) is 32.6 Å². The Kier molecular flexibility index (Phi) is 11.4. The molecule has 12 heteroatoms. The van der Waals surface area contributed by atoms with Crippen LogP contribution in [0.15, 0.2) is 102 Å². The van der Waals surface area contributed by atoms with Crippen molar-refractivity contribution in [1.29, 1.82) is 0 Å². The number of hydrogen-bond donors (Lipinski definition) is 1. The second kappa shape index (κ2) is 15.2. The third kappa shape index (κ3) is 8.33. The quantitative estimate of drug-likeness (QED) is 0.185. The number of hydrogen-bond acceptors (Lipinski definition) is 5. The molecule has 0 unspecified atom stereocenters. The predicted molar refractivity (Wildman–Crippen MR) is 174 cm³/mol. The van der Waals surface area contributed by atoms with E-state index in [1.807, 2.05) is 37.3 Å². The van der Waals surface area contributed by atoms with Gasteiger partial charge in [0.2, 0.25) is 11.8 Å². The smallest absolute Gasteiger partial charge is 0.264 e. The van der Waals surface area contributed by atoms with Gasteiger partial charge in [0.1, 0.15) is 24.2 Å². The van der Waals surface area contributed by atoms with Gasteiger partial charge in [-0.15, -0.1) is 0 Å². The molecule has 0 aliphatic carbocycles. The maximum Gasteiger partial charge on any atom is 0.264 e. The van der Waals surface area contributed by atoms with Crippen LogP contribution in [0.3, 0.4) is 0 Å². The minimum atomic E-state index is -4.40. The summed E-state index contributed by atoms with van der Waals surface area (Å²) in [6.45, 7) is 1.33. The number of sulfonamides is 1. The molecule has 236 valence electrons. The molecule has 2 amide bonds. The molecule has 4 aromatic carbocycles. The van der Waals surface area contributed by atoms with Crippen LogP contribution in [0.25, 0.3) is 0 Å². The Hall–Kier alpha value is -4.12. The molecule has 8 nitrogen and oxygen atoms in total. The van der Waals surface area contributed by atoms with Gasteiger partial charge in [-0.25, -0.2) is 12.8 Å². The number of anilines is 1. The SMILES string of the molecule is CCOc1ccc(N(CC(=O)N(Cc2c(Cl)cccc2Cl)[C@@H](Cc2ccccc2)C(=O)NC)S(=O)(=O)c2ccc(F)cc2)cc1. The Morgan fingerprint density at radius 3 is 2.09 bits per heavy atom. The highest BCUT2D eigenvalue weighted by Crippen LogP contribution is 2.30. The van der Waals surface area contributed by atoms with Crippen molar-refractivity contribution in [2.24, 2.45) is 0 Å². The first-order valence-electron chi connectivity index (χ1n) is 14.0. The van der Waals surface area contributed by atoms with E-state index < -0.39 is 40.2 Å². The zero-order valence-electron chi connectivity index (χ0n) is 24.6. The van der Waals surface area contributed by atoms with Crippen LogP contribution in [0.4, 0.5) is 10.1 Å². The minimum absolute atomic E-state index is 0.127. The molecule has 45 heavy (non-hydrogen) atoms. The van der Waals surface area contributed by atoms with Gasteiger partial charge in [0, 0.05) is 35.6 Å². The van der Waals surface area contributed by atoms with Crippen molar-refractivity contribution in [3.05, 3.63) is 124 Å². The monoisotopic (exact) mass is 671 g/mol. The van der Waals surface area contributed by atoms with Crippen LogP contribution in [0.5, 0.6) is 5.75 Å². The average molecular weight is 673 g/mol. The number of carbonyl (C=O) groups is 2. The summed E-state index contributed by atoms with van der Waals surface area (Å²) in [6.07, 6.45) is 0.127. The van der Waals surface area contributed by atoms with Crippen molar-refractivity contribution in [3.8, 4) is 5.75 Å². The lowest BCUT2D eigenvalue weighted by Gasteiger charge is -2.34. The summed E-state index contributed by atoms with van der Waals surface area (Å²) in [5.74, 6) is -1.28. The van der Waals surface area contributed by atoms with Gasteiger partial charge in [-0.1, -0.05) is 59.6 Å². The second-order valence-electron chi connectivity index (χ2n) is 9.93. The van der Waals surface area contributed by atoms with Gasteiger partial charge in [0.25, 0.3) is 10.0 Å². The summed E-state index contributed by atoms with van der Waals surface area (Å²) in [6, 6.07) is 23.4. The largest absolute Gasteiger partial charge is 0.494 e. The predicted octanol–water partition coefficient (Wildman–Crippen LogP) is 6.11. The van der Waals surface area contributed by atoms with E-state index in [1.54, 1.807) is 30.3 Å². The Morgan fingerprint density at radius 2 is 1.51 bits per heavy atom. The summed E-state index contributed by atoms with van der Waals surface area (Å²) in [4.78, 5) is 28.8. The minimum Gasteiger partial charge on any atom is -0.494 e. The fourth-order valence-corrected chi connectivity index (χ4v) is 6.64. The number of amides is 2. The van der Waals surface area contributed by atoms with E-state index in [1.165, 1.54) is 24.1 Å². The van der Waals surface area contributed by atoms with E-state index in [-0.39, 0.29) is 33.6 Å². The molecular formula is C33H32Cl2FN3O5S. The fraction of sp³-hybridized carbons (Fsp3) is 0.212. The van der Waals surface area contributed by atoms with Crippen LogP contribution in [0.1, 0.15) is 18.1 Å². The van der Waals surface area contributed by atoms with E-state index in [2.05, 4.69) is 5.32 Å². The third-order valence-electron chi connectivity index (χ3n) is 7.02. The molecule has 0 bridgehead atoms. The van der Waals surface area contributed by atoms with E-state index in [0.717, 1.165) is 34.1 Å². The lowest BCUT2D eigenvalue weighted by atomic mass is 10.0. The zero-order valence-corrected chi connectivity index (χ0v) is 26.9. The van der Waals surface area contributed by atoms with Crippen molar-refractivity contribution in [3.63, 3.8) is 0 Å². The molecule has 0 aliphatic rings. The van der Waals surface area contributed by atoms with Gasteiger partial charge in [-0.2, -0.15) is 0 Å². The number of likely N-dealkylation sites (N-methyl/N-ethyl adjacent to an activating group) is 1. The Labute approximate surface area is 272 Å². The first-order chi connectivity index (χ1) is 21.5. The maximum absolute atomic E-state index is 14.4. The van der Waals surface area contributed by atoms with Gasteiger partial charge < -0.3 is 15.0 Å². The first kappa shape index (κ1) is 33.8. The normalized spacial score (nSPS) is 11.8. The Balaban J connectivity index is 1.81. The van der Waals surface area contributed by atoms with Crippen molar-refractivity contribution in [2.75, 3.05) is 24.5 Å².